The Kier molecular flexibility index (Phi) is 8.38. The number of anilines is 1. The number of amides is 3. The van der Waals surface area contributed by atoms with Crippen molar-refractivity contribution in [2.45, 2.75) is 57.2 Å². The Morgan fingerprint density at radius 1 is 0.857 bits per heavy atom. The molecule has 1 aliphatic carbocycles. The second-order valence-electron chi connectivity index (χ2n) is 11.3. The van der Waals surface area contributed by atoms with Gasteiger partial charge in [-0.25, -0.2) is 0 Å². The Bertz CT molecular complexity index is 1590. The second kappa shape index (κ2) is 12.5. The summed E-state index contributed by atoms with van der Waals surface area (Å²) < 4.78 is 0.938. The smallest absolute Gasteiger partial charge is 0.259 e. The molecule has 2 aliphatic rings. The monoisotopic (exact) mass is 623 g/mol. The first-order valence-electron chi connectivity index (χ1n) is 14.7. The third-order valence-electron chi connectivity index (χ3n) is 8.43. The third-order valence-corrected chi connectivity index (χ3v) is 8.96. The fourth-order valence-corrected chi connectivity index (χ4v) is 6.51. The molecule has 1 aliphatic heterocycles. The predicted molar refractivity (Wildman–Crippen MR) is 169 cm³/mol. The SMILES string of the molecule is O=C(NC1CCCCC1)[C@@H](Cc1ccccc1)N(Cc1ccc(Br)cc1)C(=O)CN1C(=O)c2cccc3cccc1c23. The van der Waals surface area contributed by atoms with Crippen molar-refractivity contribution >= 4 is 50.1 Å². The summed E-state index contributed by atoms with van der Waals surface area (Å²) in [5, 5.41) is 5.12. The van der Waals surface area contributed by atoms with Crippen molar-refractivity contribution in [2.24, 2.45) is 0 Å². The largest absolute Gasteiger partial charge is 0.352 e. The van der Waals surface area contributed by atoms with Crippen molar-refractivity contribution in [3.05, 3.63) is 112 Å². The van der Waals surface area contributed by atoms with Crippen molar-refractivity contribution in [1.82, 2.24) is 10.2 Å². The fourth-order valence-electron chi connectivity index (χ4n) is 6.25. The molecule has 42 heavy (non-hydrogen) atoms. The lowest BCUT2D eigenvalue weighted by Gasteiger charge is -2.34. The average molecular weight is 625 g/mol. The molecule has 1 saturated carbocycles. The van der Waals surface area contributed by atoms with Gasteiger partial charge in [0.2, 0.25) is 11.8 Å². The van der Waals surface area contributed by atoms with E-state index in [1.54, 1.807) is 9.80 Å². The molecular formula is C35H34BrN3O3. The molecule has 0 spiro atoms. The van der Waals surface area contributed by atoms with Crippen LogP contribution in [0.5, 0.6) is 0 Å². The van der Waals surface area contributed by atoms with E-state index in [0.717, 1.165) is 57.7 Å². The van der Waals surface area contributed by atoms with Crippen LogP contribution >= 0.6 is 15.9 Å². The zero-order valence-electron chi connectivity index (χ0n) is 23.5. The quantitative estimate of drug-likeness (QED) is 0.227. The number of halogens is 1. The molecule has 0 aromatic heterocycles. The summed E-state index contributed by atoms with van der Waals surface area (Å²) in [7, 11) is 0. The highest BCUT2D eigenvalue weighted by atomic mass is 79.9. The molecule has 4 aromatic rings. The Labute approximate surface area is 254 Å². The minimum Gasteiger partial charge on any atom is -0.352 e. The van der Waals surface area contributed by atoms with Crippen LogP contribution in [-0.2, 0) is 22.6 Å². The molecular weight excluding hydrogens is 590 g/mol. The normalized spacial score (nSPS) is 15.5. The van der Waals surface area contributed by atoms with Crippen LogP contribution in [0, 0.1) is 0 Å². The Hall–Kier alpha value is -3.97. The van der Waals surface area contributed by atoms with Gasteiger partial charge in [0.05, 0.1) is 5.69 Å². The minimum absolute atomic E-state index is 0.112. The van der Waals surface area contributed by atoms with Crippen LogP contribution in [0.15, 0.2) is 95.5 Å². The van der Waals surface area contributed by atoms with E-state index in [9.17, 15) is 14.4 Å². The molecule has 6 nitrogen and oxygen atoms in total. The molecule has 7 heteroatoms. The molecule has 0 saturated heterocycles. The van der Waals surface area contributed by atoms with Crippen molar-refractivity contribution in [3.8, 4) is 0 Å². The first-order valence-corrected chi connectivity index (χ1v) is 15.5. The zero-order chi connectivity index (χ0) is 29.1. The molecule has 1 heterocycles. The van der Waals surface area contributed by atoms with Gasteiger partial charge in [0.15, 0.2) is 0 Å². The summed E-state index contributed by atoms with van der Waals surface area (Å²) in [6.45, 7) is 0.103. The average Bonchev–Trinajstić information content (AvgIpc) is 3.28. The van der Waals surface area contributed by atoms with Gasteiger partial charge in [-0.1, -0.05) is 102 Å². The van der Waals surface area contributed by atoms with Crippen LogP contribution in [0.1, 0.15) is 53.6 Å². The topological polar surface area (TPSA) is 69.7 Å². The minimum atomic E-state index is -0.735. The molecule has 6 rings (SSSR count). The van der Waals surface area contributed by atoms with E-state index in [4.69, 9.17) is 0 Å². The number of carbonyl (C=O) groups excluding carboxylic acids is 3. The van der Waals surface area contributed by atoms with Crippen molar-refractivity contribution in [2.75, 3.05) is 11.4 Å². The molecule has 1 fully saturated rings. The molecule has 0 bridgehead atoms. The number of nitrogens with one attached hydrogen (secondary N) is 1. The molecule has 1 atom stereocenters. The van der Waals surface area contributed by atoms with E-state index in [1.165, 1.54) is 6.42 Å². The molecule has 214 valence electrons. The van der Waals surface area contributed by atoms with Crippen molar-refractivity contribution in [3.63, 3.8) is 0 Å². The second-order valence-corrected chi connectivity index (χ2v) is 12.2. The van der Waals surface area contributed by atoms with Crippen LogP contribution in [0.3, 0.4) is 0 Å². The summed E-state index contributed by atoms with van der Waals surface area (Å²) in [5.74, 6) is -0.602. The highest BCUT2D eigenvalue weighted by Crippen LogP contribution is 2.37. The Morgan fingerprint density at radius 3 is 2.31 bits per heavy atom. The van der Waals surface area contributed by atoms with Gasteiger partial charge >= 0.3 is 0 Å². The lowest BCUT2D eigenvalue weighted by molar-refractivity contribution is -0.140. The maximum atomic E-state index is 14.4. The molecule has 3 amide bonds. The Morgan fingerprint density at radius 2 is 1.57 bits per heavy atom. The summed E-state index contributed by atoms with van der Waals surface area (Å²) in [6.07, 6.45) is 5.67. The standard InChI is InChI=1S/C35H34BrN3O3/c36-27-19-17-25(18-20-27)22-38(31(21-24-9-3-1-4-10-24)34(41)37-28-13-5-2-6-14-28)32(40)23-39-30-16-8-12-26-11-7-15-29(33(26)30)35(39)42/h1,3-4,7-12,15-20,28,31H,2,5-6,13-14,21-23H2,(H,37,41)/t31-/m1/s1. The van der Waals surface area contributed by atoms with Crippen LogP contribution in [0.2, 0.25) is 0 Å². The van der Waals surface area contributed by atoms with Crippen molar-refractivity contribution in [1.29, 1.82) is 0 Å². The van der Waals surface area contributed by atoms with E-state index in [2.05, 4.69) is 21.2 Å². The van der Waals surface area contributed by atoms with Gasteiger partial charge in [0.25, 0.3) is 5.91 Å². The number of hydrogen-bond donors (Lipinski definition) is 1. The molecule has 1 N–H and O–H groups in total. The van der Waals surface area contributed by atoms with Crippen LogP contribution in [-0.4, -0.2) is 41.2 Å². The molecule has 4 aromatic carbocycles. The predicted octanol–water partition coefficient (Wildman–Crippen LogP) is 6.65. The summed E-state index contributed by atoms with van der Waals surface area (Å²) >= 11 is 3.50. The fraction of sp³-hybridized carbons (Fsp3) is 0.286. The number of nitrogens with zero attached hydrogens (tertiary/aromatic N) is 2. The van der Waals surface area contributed by atoms with Crippen LogP contribution < -0.4 is 10.2 Å². The molecule has 0 radical (unpaired) electrons. The summed E-state index contributed by atoms with van der Waals surface area (Å²) in [4.78, 5) is 45.2. The van der Waals surface area contributed by atoms with E-state index in [1.807, 2.05) is 91.0 Å². The van der Waals surface area contributed by atoms with E-state index < -0.39 is 6.04 Å². The van der Waals surface area contributed by atoms with E-state index in [-0.39, 0.29) is 36.9 Å². The van der Waals surface area contributed by atoms with Gasteiger partial charge in [0.1, 0.15) is 12.6 Å². The van der Waals surface area contributed by atoms with Crippen LogP contribution in [0.25, 0.3) is 10.8 Å². The first-order chi connectivity index (χ1) is 20.5. The lowest BCUT2D eigenvalue weighted by Crippen LogP contribution is -2.54. The Balaban J connectivity index is 1.34. The molecule has 0 unspecified atom stereocenters. The summed E-state index contributed by atoms with van der Waals surface area (Å²) in [5.41, 5.74) is 3.22. The van der Waals surface area contributed by atoms with E-state index in [0.29, 0.717) is 12.0 Å². The maximum Gasteiger partial charge on any atom is 0.259 e. The summed E-state index contributed by atoms with van der Waals surface area (Å²) in [6, 6.07) is 28.4. The van der Waals surface area contributed by atoms with E-state index >= 15 is 0 Å². The number of carbonyl (C=O) groups is 3. The van der Waals surface area contributed by atoms with Gasteiger partial charge in [0, 0.05) is 34.4 Å². The van der Waals surface area contributed by atoms with Crippen molar-refractivity contribution < 1.29 is 14.4 Å². The van der Waals surface area contributed by atoms with Gasteiger partial charge in [-0.2, -0.15) is 0 Å². The van der Waals surface area contributed by atoms with Crippen LogP contribution in [0.4, 0.5) is 5.69 Å². The van der Waals surface area contributed by atoms with Gasteiger partial charge in [-0.3, -0.25) is 19.3 Å². The number of rotatable bonds is 9. The number of hydrogen-bond acceptors (Lipinski definition) is 3. The number of benzene rings is 4. The highest BCUT2D eigenvalue weighted by Gasteiger charge is 2.36. The first kappa shape index (κ1) is 28.2. The lowest BCUT2D eigenvalue weighted by atomic mass is 9.94. The van der Waals surface area contributed by atoms with Gasteiger partial charge < -0.3 is 10.2 Å². The maximum absolute atomic E-state index is 14.4. The zero-order valence-corrected chi connectivity index (χ0v) is 25.1. The van der Waals surface area contributed by atoms with Gasteiger partial charge in [-0.15, -0.1) is 0 Å². The van der Waals surface area contributed by atoms with Gasteiger partial charge in [-0.05, 0) is 53.6 Å². The third kappa shape index (κ3) is 5.97. The highest BCUT2D eigenvalue weighted by molar-refractivity contribution is 9.10.